The van der Waals surface area contributed by atoms with Gasteiger partial charge < -0.3 is 15.8 Å². The van der Waals surface area contributed by atoms with Gasteiger partial charge in [0, 0.05) is 30.6 Å². The molecular formula is C24H25ClF3N5O3. The maximum Gasteiger partial charge on any atom is 0.418 e. The second-order valence-electron chi connectivity index (χ2n) is 9.08. The number of guanidine groups is 1. The summed E-state index contributed by atoms with van der Waals surface area (Å²) < 4.78 is 45.6. The smallest absolute Gasteiger partial charge is 0.378 e. The van der Waals surface area contributed by atoms with Crippen molar-refractivity contribution in [2.45, 2.75) is 57.0 Å². The lowest BCUT2D eigenvalue weighted by Crippen LogP contribution is -2.56. The summed E-state index contributed by atoms with van der Waals surface area (Å²) in [4.78, 5) is 35.5. The van der Waals surface area contributed by atoms with Crippen molar-refractivity contribution in [3.8, 4) is 0 Å². The molecule has 0 radical (unpaired) electrons. The molecule has 3 atom stereocenters. The molecule has 3 N–H and O–H groups in total. The van der Waals surface area contributed by atoms with Crippen LogP contribution in [0.3, 0.4) is 0 Å². The average Bonchev–Trinajstić information content (AvgIpc) is 2.79. The lowest BCUT2D eigenvalue weighted by molar-refractivity contribution is -0.138. The van der Waals surface area contributed by atoms with Crippen molar-refractivity contribution < 1.29 is 27.5 Å². The Labute approximate surface area is 210 Å². The number of hydrogen-bond acceptors (Lipinski definition) is 6. The number of amides is 2. The molecule has 0 aliphatic carbocycles. The zero-order valence-corrected chi connectivity index (χ0v) is 20.4. The van der Waals surface area contributed by atoms with Crippen molar-refractivity contribution in [3.05, 3.63) is 58.4 Å². The van der Waals surface area contributed by atoms with Crippen LogP contribution in [-0.4, -0.2) is 46.4 Å². The molecule has 2 aliphatic rings. The molecule has 2 amide bonds. The van der Waals surface area contributed by atoms with Gasteiger partial charge in [-0.1, -0.05) is 23.7 Å². The molecule has 0 spiro atoms. The van der Waals surface area contributed by atoms with Gasteiger partial charge in [0.2, 0.25) is 5.91 Å². The van der Waals surface area contributed by atoms with Crippen molar-refractivity contribution in [2.24, 2.45) is 10.7 Å². The molecule has 3 heterocycles. The van der Waals surface area contributed by atoms with Gasteiger partial charge in [0.05, 0.1) is 39.9 Å². The van der Waals surface area contributed by atoms with E-state index in [1.54, 1.807) is 19.1 Å². The first-order valence-electron chi connectivity index (χ1n) is 11.3. The summed E-state index contributed by atoms with van der Waals surface area (Å²) in [7, 11) is 0. The average molecular weight is 524 g/mol. The normalized spacial score (nSPS) is 24.9. The topological polar surface area (TPSA) is 110 Å². The van der Waals surface area contributed by atoms with Crippen LogP contribution in [0.4, 0.5) is 18.9 Å². The maximum atomic E-state index is 13.3. The monoisotopic (exact) mass is 523 g/mol. The van der Waals surface area contributed by atoms with Crippen molar-refractivity contribution in [2.75, 3.05) is 11.9 Å². The Morgan fingerprint density at radius 2 is 2.08 bits per heavy atom. The van der Waals surface area contributed by atoms with E-state index in [0.29, 0.717) is 31.2 Å². The number of nitrogens with two attached hydrogens (primary N) is 1. The van der Waals surface area contributed by atoms with Crippen LogP contribution in [0.15, 0.2) is 41.7 Å². The minimum Gasteiger partial charge on any atom is -0.378 e. The highest BCUT2D eigenvalue weighted by Gasteiger charge is 2.42. The fourth-order valence-electron chi connectivity index (χ4n) is 4.66. The molecule has 4 rings (SSSR count). The number of hydrogen-bond donors (Lipinski definition) is 2. The molecule has 0 saturated carbocycles. The van der Waals surface area contributed by atoms with Crippen molar-refractivity contribution in [3.63, 3.8) is 0 Å². The summed E-state index contributed by atoms with van der Waals surface area (Å²) in [5.41, 5.74) is 3.83. The summed E-state index contributed by atoms with van der Waals surface area (Å²) in [6, 6.07) is 5.52. The fraction of sp³-hybridized carbons (Fsp3) is 0.417. The summed E-state index contributed by atoms with van der Waals surface area (Å²) in [5.74, 6) is -1.16. The third-order valence-electron chi connectivity index (χ3n) is 6.39. The number of carbonyl (C=O) groups is 2. The Morgan fingerprint density at radius 3 is 2.75 bits per heavy atom. The Bertz CT molecular complexity index is 1220. The van der Waals surface area contributed by atoms with Gasteiger partial charge in [0.1, 0.15) is 0 Å². The molecule has 8 nitrogen and oxygen atoms in total. The van der Waals surface area contributed by atoms with Crippen LogP contribution in [-0.2, 0) is 21.2 Å². The molecular weight excluding hydrogens is 499 g/mol. The SMILES string of the molecule is C[C@@H]1C[C@H](N2C(=O)C[C@@](C)(c3cccc(NC(=O)c4ccncc4C(F)(F)F)c3Cl)N=C2N)CCO1. The molecule has 12 heteroatoms. The van der Waals surface area contributed by atoms with E-state index in [-0.39, 0.29) is 41.1 Å². The van der Waals surface area contributed by atoms with Crippen molar-refractivity contribution in [1.82, 2.24) is 9.88 Å². The molecule has 36 heavy (non-hydrogen) atoms. The Kier molecular flexibility index (Phi) is 6.98. The van der Waals surface area contributed by atoms with E-state index in [2.05, 4.69) is 15.3 Å². The number of ether oxygens (including phenoxy) is 1. The van der Waals surface area contributed by atoms with E-state index in [9.17, 15) is 22.8 Å². The van der Waals surface area contributed by atoms with Crippen LogP contribution in [0.25, 0.3) is 0 Å². The van der Waals surface area contributed by atoms with Crippen molar-refractivity contribution in [1.29, 1.82) is 0 Å². The molecule has 1 aromatic carbocycles. The largest absolute Gasteiger partial charge is 0.418 e. The number of halogens is 4. The number of aliphatic imine (C=N–C) groups is 1. The zero-order chi connectivity index (χ0) is 26.3. The van der Waals surface area contributed by atoms with Crippen LogP contribution in [0.5, 0.6) is 0 Å². The van der Waals surface area contributed by atoms with Gasteiger partial charge in [0.25, 0.3) is 5.91 Å². The molecule has 2 aliphatic heterocycles. The predicted octanol–water partition coefficient (Wildman–Crippen LogP) is 4.34. The van der Waals surface area contributed by atoms with E-state index < -0.39 is 28.7 Å². The van der Waals surface area contributed by atoms with Gasteiger partial charge in [-0.25, -0.2) is 4.99 Å². The second-order valence-corrected chi connectivity index (χ2v) is 9.46. The maximum absolute atomic E-state index is 13.3. The number of alkyl halides is 3. The second kappa shape index (κ2) is 9.70. The van der Waals surface area contributed by atoms with Gasteiger partial charge in [-0.3, -0.25) is 19.5 Å². The van der Waals surface area contributed by atoms with Gasteiger partial charge in [-0.2, -0.15) is 13.2 Å². The summed E-state index contributed by atoms with van der Waals surface area (Å²) in [6.45, 7) is 4.14. The first-order chi connectivity index (χ1) is 16.9. The highest BCUT2D eigenvalue weighted by Crippen LogP contribution is 2.41. The summed E-state index contributed by atoms with van der Waals surface area (Å²) >= 11 is 6.59. The fourth-order valence-corrected chi connectivity index (χ4v) is 5.04. The lowest BCUT2D eigenvalue weighted by Gasteiger charge is -2.41. The highest BCUT2D eigenvalue weighted by molar-refractivity contribution is 6.35. The van der Waals surface area contributed by atoms with E-state index in [1.807, 2.05) is 6.92 Å². The first kappa shape index (κ1) is 25.9. The molecule has 2 aromatic rings. The van der Waals surface area contributed by atoms with E-state index >= 15 is 0 Å². The van der Waals surface area contributed by atoms with Gasteiger partial charge in [-0.15, -0.1) is 0 Å². The number of nitrogens with one attached hydrogen (secondary N) is 1. The minimum atomic E-state index is -4.76. The Hall–Kier alpha value is -3.18. The Balaban J connectivity index is 1.63. The number of rotatable bonds is 4. The van der Waals surface area contributed by atoms with Gasteiger partial charge in [-0.05, 0) is 38.8 Å². The predicted molar refractivity (Wildman–Crippen MR) is 128 cm³/mol. The number of anilines is 1. The quantitative estimate of drug-likeness (QED) is 0.619. The van der Waals surface area contributed by atoms with E-state index in [1.165, 1.54) is 11.0 Å². The third-order valence-corrected chi connectivity index (χ3v) is 6.80. The van der Waals surface area contributed by atoms with Gasteiger partial charge >= 0.3 is 6.18 Å². The summed E-state index contributed by atoms with van der Waals surface area (Å²) in [5, 5.41) is 2.49. The standard InChI is InChI=1S/C24H25ClF3N5O3/c1-13-10-14(7-9-36-13)33-19(34)11-23(2,32-22(33)29)16-4-3-5-18(20(16)25)31-21(35)15-6-8-30-12-17(15)24(26,27)28/h3-6,8,12-14H,7,9-11H2,1-2H3,(H2,29,32)(H,31,35)/t13-,14-,23+/m1/s1. The van der Waals surface area contributed by atoms with Crippen molar-refractivity contribution >= 4 is 35.1 Å². The molecule has 0 bridgehead atoms. The van der Waals surface area contributed by atoms with Gasteiger partial charge in [0.15, 0.2) is 5.96 Å². The van der Waals surface area contributed by atoms with Crippen LogP contribution in [0, 0.1) is 0 Å². The number of pyridine rings is 1. The van der Waals surface area contributed by atoms with Crippen LogP contribution in [0.1, 0.15) is 54.6 Å². The number of nitrogens with zero attached hydrogens (tertiary/aromatic N) is 3. The van der Waals surface area contributed by atoms with Crippen LogP contribution >= 0.6 is 11.6 Å². The Morgan fingerprint density at radius 1 is 1.33 bits per heavy atom. The lowest BCUT2D eigenvalue weighted by atomic mass is 9.86. The van der Waals surface area contributed by atoms with Crippen LogP contribution < -0.4 is 11.1 Å². The highest BCUT2D eigenvalue weighted by atomic mass is 35.5. The molecule has 192 valence electrons. The number of benzene rings is 1. The number of carbonyl (C=O) groups excluding carboxylic acids is 2. The third kappa shape index (κ3) is 5.03. The molecule has 1 aromatic heterocycles. The molecule has 1 fully saturated rings. The minimum absolute atomic E-state index is 0.00865. The number of aromatic nitrogens is 1. The van der Waals surface area contributed by atoms with Crippen LogP contribution in [0.2, 0.25) is 5.02 Å². The first-order valence-corrected chi connectivity index (χ1v) is 11.7. The molecule has 1 saturated heterocycles. The van der Waals surface area contributed by atoms with E-state index in [0.717, 1.165) is 12.3 Å². The van der Waals surface area contributed by atoms with E-state index in [4.69, 9.17) is 22.1 Å². The summed E-state index contributed by atoms with van der Waals surface area (Å²) in [6.07, 6.45) is -1.84. The zero-order valence-electron chi connectivity index (χ0n) is 19.6. The molecule has 0 unspecified atom stereocenters.